The van der Waals surface area contributed by atoms with Gasteiger partial charge in [-0.1, -0.05) is 6.42 Å². The molecule has 0 aromatic heterocycles. The van der Waals surface area contributed by atoms with Gasteiger partial charge in [0.15, 0.2) is 0 Å². The first-order valence-electron chi connectivity index (χ1n) is 4.55. The number of unbranched alkanes of at least 4 members (excludes halogenated alkanes) is 2. The van der Waals surface area contributed by atoms with Crippen LogP contribution >= 0.6 is 0 Å². The second kappa shape index (κ2) is 7.29. The van der Waals surface area contributed by atoms with E-state index in [4.69, 9.17) is 0 Å². The minimum Gasteiger partial charge on any atom is -0.469 e. The van der Waals surface area contributed by atoms with Crippen LogP contribution in [0.1, 0.15) is 25.7 Å². The van der Waals surface area contributed by atoms with Gasteiger partial charge in [0, 0.05) is 20.0 Å². The SMILES string of the molecule is COC(=O)CCCCCN(C)C(=O)F. The fourth-order valence-electron chi connectivity index (χ4n) is 0.985. The Kier molecular flexibility index (Phi) is 6.70. The van der Waals surface area contributed by atoms with Gasteiger partial charge in [-0.15, -0.1) is 4.39 Å². The van der Waals surface area contributed by atoms with E-state index in [1.807, 2.05) is 0 Å². The third kappa shape index (κ3) is 6.39. The normalized spacial score (nSPS) is 9.64. The summed E-state index contributed by atoms with van der Waals surface area (Å²) in [7, 11) is 2.75. The first-order valence-corrected chi connectivity index (χ1v) is 4.55. The van der Waals surface area contributed by atoms with E-state index in [2.05, 4.69) is 4.74 Å². The number of hydrogen-bond donors (Lipinski definition) is 0. The molecule has 82 valence electrons. The van der Waals surface area contributed by atoms with Crippen molar-refractivity contribution in [3.8, 4) is 0 Å². The molecule has 0 aliphatic rings. The number of amides is 1. The number of carbonyl (C=O) groups excluding carboxylic acids is 2. The third-order valence-corrected chi connectivity index (χ3v) is 1.90. The number of hydrogen-bond acceptors (Lipinski definition) is 3. The van der Waals surface area contributed by atoms with Gasteiger partial charge in [-0.3, -0.25) is 4.79 Å². The van der Waals surface area contributed by atoms with E-state index in [1.165, 1.54) is 14.2 Å². The molecular formula is C9H16FNO3. The highest BCUT2D eigenvalue weighted by atomic mass is 19.1. The van der Waals surface area contributed by atoms with Crippen LogP contribution in [-0.4, -0.2) is 37.7 Å². The number of carbonyl (C=O) groups is 2. The van der Waals surface area contributed by atoms with E-state index < -0.39 is 6.16 Å². The van der Waals surface area contributed by atoms with Gasteiger partial charge < -0.3 is 9.64 Å². The Bertz CT molecular complexity index is 196. The van der Waals surface area contributed by atoms with Crippen molar-refractivity contribution in [3.63, 3.8) is 0 Å². The molecule has 0 rings (SSSR count). The number of esters is 1. The summed E-state index contributed by atoms with van der Waals surface area (Å²) in [6.45, 7) is 0.385. The van der Waals surface area contributed by atoms with E-state index in [0.717, 1.165) is 11.3 Å². The first-order chi connectivity index (χ1) is 6.57. The van der Waals surface area contributed by atoms with Crippen LogP contribution in [0.3, 0.4) is 0 Å². The van der Waals surface area contributed by atoms with Crippen LogP contribution in [0.4, 0.5) is 9.18 Å². The lowest BCUT2D eigenvalue weighted by atomic mass is 10.2. The van der Waals surface area contributed by atoms with Gasteiger partial charge in [-0.2, -0.15) is 0 Å². The van der Waals surface area contributed by atoms with Crippen LogP contribution < -0.4 is 0 Å². The Morgan fingerprint density at radius 1 is 1.29 bits per heavy atom. The van der Waals surface area contributed by atoms with E-state index in [1.54, 1.807) is 0 Å². The molecule has 0 bridgehead atoms. The average molecular weight is 205 g/mol. The van der Waals surface area contributed by atoms with Crippen LogP contribution in [0.25, 0.3) is 0 Å². The van der Waals surface area contributed by atoms with Crippen molar-refractivity contribution in [1.29, 1.82) is 0 Å². The molecule has 0 saturated heterocycles. The van der Waals surface area contributed by atoms with Crippen LogP contribution in [-0.2, 0) is 9.53 Å². The van der Waals surface area contributed by atoms with Gasteiger partial charge in [0.1, 0.15) is 0 Å². The molecule has 0 heterocycles. The Labute approximate surface area is 83.0 Å². The number of methoxy groups -OCH3 is 1. The number of nitrogens with zero attached hydrogens (tertiary/aromatic N) is 1. The molecule has 0 spiro atoms. The molecule has 0 atom stereocenters. The fraction of sp³-hybridized carbons (Fsp3) is 0.778. The second-order valence-electron chi connectivity index (χ2n) is 3.06. The van der Waals surface area contributed by atoms with Crippen molar-refractivity contribution >= 4 is 12.1 Å². The van der Waals surface area contributed by atoms with Gasteiger partial charge in [0.25, 0.3) is 0 Å². The van der Waals surface area contributed by atoms with E-state index in [9.17, 15) is 14.0 Å². The number of ether oxygens (including phenoxy) is 1. The Hall–Kier alpha value is -1.13. The maximum absolute atomic E-state index is 12.0. The minimum atomic E-state index is -1.42. The Morgan fingerprint density at radius 2 is 1.93 bits per heavy atom. The monoisotopic (exact) mass is 205 g/mol. The lowest BCUT2D eigenvalue weighted by Gasteiger charge is -2.10. The molecule has 0 N–H and O–H groups in total. The van der Waals surface area contributed by atoms with E-state index in [-0.39, 0.29) is 5.97 Å². The molecule has 0 fully saturated rings. The molecule has 0 saturated carbocycles. The zero-order valence-electron chi connectivity index (χ0n) is 8.59. The van der Waals surface area contributed by atoms with Crippen molar-refractivity contribution in [2.45, 2.75) is 25.7 Å². The molecule has 4 nitrogen and oxygen atoms in total. The molecule has 0 aromatic rings. The quantitative estimate of drug-likeness (QED) is 0.287. The predicted octanol–water partition coefficient (Wildman–Crippen LogP) is 1.74. The first kappa shape index (κ1) is 12.9. The lowest BCUT2D eigenvalue weighted by molar-refractivity contribution is -0.140. The topological polar surface area (TPSA) is 46.6 Å². The predicted molar refractivity (Wildman–Crippen MR) is 49.6 cm³/mol. The number of halogens is 1. The van der Waals surface area contributed by atoms with Crippen molar-refractivity contribution in [1.82, 2.24) is 4.90 Å². The molecule has 0 unspecified atom stereocenters. The summed E-state index contributed by atoms with van der Waals surface area (Å²) in [6, 6.07) is 0. The van der Waals surface area contributed by atoms with Gasteiger partial charge >= 0.3 is 12.1 Å². The largest absolute Gasteiger partial charge is 0.469 e. The van der Waals surface area contributed by atoms with Gasteiger partial charge in [-0.05, 0) is 12.8 Å². The zero-order valence-corrected chi connectivity index (χ0v) is 8.59. The third-order valence-electron chi connectivity index (χ3n) is 1.90. The highest BCUT2D eigenvalue weighted by Crippen LogP contribution is 2.02. The summed E-state index contributed by atoms with van der Waals surface area (Å²) >= 11 is 0. The summed E-state index contributed by atoms with van der Waals surface area (Å²) in [5, 5.41) is 0. The van der Waals surface area contributed by atoms with Crippen molar-refractivity contribution in [2.24, 2.45) is 0 Å². The summed E-state index contributed by atoms with van der Waals surface area (Å²) < 4.78 is 16.5. The summed E-state index contributed by atoms with van der Waals surface area (Å²) in [6.07, 6.45) is 1.15. The maximum Gasteiger partial charge on any atom is 0.399 e. The molecule has 0 aliphatic heterocycles. The lowest BCUT2D eigenvalue weighted by Crippen LogP contribution is -2.22. The van der Waals surface area contributed by atoms with Gasteiger partial charge in [0.05, 0.1) is 7.11 Å². The van der Waals surface area contributed by atoms with Crippen LogP contribution in [0.5, 0.6) is 0 Å². The summed E-state index contributed by atoms with van der Waals surface area (Å²) in [5.41, 5.74) is 0. The summed E-state index contributed by atoms with van der Waals surface area (Å²) in [5.74, 6) is -0.236. The Morgan fingerprint density at radius 3 is 2.43 bits per heavy atom. The van der Waals surface area contributed by atoms with Crippen LogP contribution in [0.15, 0.2) is 0 Å². The zero-order chi connectivity index (χ0) is 11.0. The molecule has 0 aromatic carbocycles. The van der Waals surface area contributed by atoms with Crippen molar-refractivity contribution in [2.75, 3.05) is 20.7 Å². The molecule has 0 radical (unpaired) electrons. The molecule has 0 aliphatic carbocycles. The van der Waals surface area contributed by atoms with E-state index in [0.29, 0.717) is 25.8 Å². The Balaban J connectivity index is 3.30. The molecular weight excluding hydrogens is 189 g/mol. The van der Waals surface area contributed by atoms with Crippen LogP contribution in [0.2, 0.25) is 0 Å². The van der Waals surface area contributed by atoms with E-state index >= 15 is 0 Å². The van der Waals surface area contributed by atoms with Gasteiger partial charge in [-0.25, -0.2) is 4.79 Å². The smallest absolute Gasteiger partial charge is 0.399 e. The molecule has 14 heavy (non-hydrogen) atoms. The van der Waals surface area contributed by atoms with Crippen molar-refractivity contribution < 1.29 is 18.7 Å². The van der Waals surface area contributed by atoms with Crippen LogP contribution in [0, 0.1) is 0 Å². The molecule has 1 amide bonds. The molecule has 5 heteroatoms. The average Bonchev–Trinajstić information content (AvgIpc) is 2.16. The van der Waals surface area contributed by atoms with Crippen molar-refractivity contribution in [3.05, 3.63) is 0 Å². The minimum absolute atomic E-state index is 0.236. The fourth-order valence-corrected chi connectivity index (χ4v) is 0.985. The van der Waals surface area contributed by atoms with Gasteiger partial charge in [0.2, 0.25) is 0 Å². The highest BCUT2D eigenvalue weighted by Gasteiger charge is 2.05. The summed E-state index contributed by atoms with van der Waals surface area (Å²) in [4.78, 5) is 21.8. The highest BCUT2D eigenvalue weighted by molar-refractivity contribution is 5.69. The standard InChI is InChI=1S/C9H16FNO3/c1-11(9(10)13)7-5-3-4-6-8(12)14-2/h3-7H2,1-2H3. The number of rotatable bonds is 6. The maximum atomic E-state index is 12.0. The second-order valence-corrected chi connectivity index (χ2v) is 3.06.